The van der Waals surface area contributed by atoms with Gasteiger partial charge in [-0.1, -0.05) is 12.1 Å². The lowest BCUT2D eigenvalue weighted by Crippen LogP contribution is -2.12. The Morgan fingerprint density at radius 3 is 2.62 bits per heavy atom. The number of carboxylic acid groups (broad SMARTS) is 1. The van der Waals surface area contributed by atoms with Crippen molar-refractivity contribution in [1.82, 2.24) is 15.0 Å². The molecule has 146 valence electrons. The Kier molecular flexibility index (Phi) is 4.59. The van der Waals surface area contributed by atoms with Gasteiger partial charge in [0.15, 0.2) is 11.5 Å². The second-order valence-electron chi connectivity index (χ2n) is 6.44. The third-order valence-corrected chi connectivity index (χ3v) is 4.63. The molecule has 8 nitrogen and oxygen atoms in total. The van der Waals surface area contributed by atoms with E-state index in [1.165, 1.54) is 20.3 Å². The summed E-state index contributed by atoms with van der Waals surface area (Å²) in [5, 5.41) is 10.4. The minimum absolute atomic E-state index is 0.146. The summed E-state index contributed by atoms with van der Waals surface area (Å²) >= 11 is 0. The molecular weight excluding hydrogens is 374 g/mol. The Morgan fingerprint density at radius 2 is 1.90 bits per heavy atom. The van der Waals surface area contributed by atoms with Gasteiger partial charge in [0.25, 0.3) is 5.56 Å². The minimum Gasteiger partial charge on any atom is -0.493 e. The second-order valence-corrected chi connectivity index (χ2v) is 6.44. The van der Waals surface area contributed by atoms with E-state index in [0.717, 1.165) is 5.56 Å². The number of hydrogen-bond donors (Lipinski definition) is 2. The van der Waals surface area contributed by atoms with Crippen LogP contribution in [0.5, 0.6) is 11.5 Å². The first kappa shape index (κ1) is 18.4. The Balaban J connectivity index is 1.76. The summed E-state index contributed by atoms with van der Waals surface area (Å²) in [5.74, 6) is 0.372. The van der Waals surface area contributed by atoms with Crippen molar-refractivity contribution >= 4 is 27.8 Å². The number of aromatic amines is 1. The number of aromatic carboxylic acids is 1. The highest BCUT2D eigenvalue weighted by Gasteiger charge is 2.13. The van der Waals surface area contributed by atoms with E-state index in [9.17, 15) is 14.7 Å². The van der Waals surface area contributed by atoms with Gasteiger partial charge in [-0.2, -0.15) is 0 Å². The van der Waals surface area contributed by atoms with Crippen molar-refractivity contribution in [1.29, 1.82) is 0 Å². The number of nitrogens with one attached hydrogen (secondary N) is 1. The van der Waals surface area contributed by atoms with E-state index in [4.69, 9.17) is 9.47 Å². The van der Waals surface area contributed by atoms with Crippen LogP contribution in [0.1, 0.15) is 21.7 Å². The molecule has 0 fully saturated rings. The molecule has 2 aromatic carbocycles. The number of rotatable bonds is 5. The average molecular weight is 391 g/mol. The lowest BCUT2D eigenvalue weighted by atomic mass is 10.1. The lowest BCUT2D eigenvalue weighted by Gasteiger charge is -2.10. The van der Waals surface area contributed by atoms with Gasteiger partial charge in [0.05, 0.1) is 36.2 Å². The van der Waals surface area contributed by atoms with Crippen LogP contribution in [0.4, 0.5) is 0 Å². The van der Waals surface area contributed by atoms with E-state index in [1.807, 2.05) is 6.07 Å². The quantitative estimate of drug-likeness (QED) is 0.538. The van der Waals surface area contributed by atoms with Gasteiger partial charge in [-0.05, 0) is 23.8 Å². The standard InChI is InChI=1S/C21H17N3O5/c1-28-16-8-14-15(9-17(16)29-2)23-18(24-20(14)25)7-11-6-12-4-3-5-13(21(26)27)19(12)22-10-11/h3-6,8-10H,7H2,1-2H3,(H,26,27)(H,23,24,25). The van der Waals surface area contributed by atoms with Gasteiger partial charge in [-0.3, -0.25) is 9.78 Å². The highest BCUT2D eigenvalue weighted by Crippen LogP contribution is 2.30. The van der Waals surface area contributed by atoms with Crippen molar-refractivity contribution in [2.24, 2.45) is 0 Å². The van der Waals surface area contributed by atoms with Crippen molar-refractivity contribution in [3.63, 3.8) is 0 Å². The third-order valence-electron chi connectivity index (χ3n) is 4.63. The van der Waals surface area contributed by atoms with E-state index in [-0.39, 0.29) is 11.1 Å². The van der Waals surface area contributed by atoms with Crippen LogP contribution in [0, 0.1) is 0 Å². The molecule has 0 saturated carbocycles. The van der Waals surface area contributed by atoms with Gasteiger partial charge in [0.2, 0.25) is 0 Å². The van der Waals surface area contributed by atoms with Crippen molar-refractivity contribution in [3.8, 4) is 11.5 Å². The topological polar surface area (TPSA) is 114 Å². The molecule has 0 aliphatic rings. The molecule has 0 radical (unpaired) electrons. The first-order valence-electron chi connectivity index (χ1n) is 8.76. The highest BCUT2D eigenvalue weighted by atomic mass is 16.5. The van der Waals surface area contributed by atoms with Crippen LogP contribution < -0.4 is 15.0 Å². The Morgan fingerprint density at radius 1 is 1.14 bits per heavy atom. The van der Waals surface area contributed by atoms with Gasteiger partial charge in [-0.25, -0.2) is 9.78 Å². The van der Waals surface area contributed by atoms with Gasteiger partial charge in [0, 0.05) is 24.1 Å². The molecule has 8 heteroatoms. The maximum atomic E-state index is 12.5. The fraction of sp³-hybridized carbons (Fsp3) is 0.143. The molecule has 0 saturated heterocycles. The molecule has 0 amide bonds. The molecule has 0 atom stereocenters. The highest BCUT2D eigenvalue weighted by molar-refractivity contribution is 6.01. The number of H-pyrrole nitrogens is 1. The summed E-state index contributed by atoms with van der Waals surface area (Å²) in [4.78, 5) is 35.5. The van der Waals surface area contributed by atoms with Crippen LogP contribution in [0.15, 0.2) is 47.4 Å². The van der Waals surface area contributed by atoms with E-state index in [1.54, 1.807) is 30.5 Å². The van der Waals surface area contributed by atoms with Crippen molar-refractivity contribution in [2.75, 3.05) is 14.2 Å². The molecule has 29 heavy (non-hydrogen) atoms. The number of hydrogen-bond acceptors (Lipinski definition) is 6. The zero-order chi connectivity index (χ0) is 20.5. The molecule has 4 rings (SSSR count). The van der Waals surface area contributed by atoms with Gasteiger partial charge in [0.1, 0.15) is 5.82 Å². The summed E-state index contributed by atoms with van der Waals surface area (Å²) in [5.41, 5.74) is 1.56. The van der Waals surface area contributed by atoms with E-state index in [2.05, 4.69) is 15.0 Å². The fourth-order valence-electron chi connectivity index (χ4n) is 3.27. The first-order valence-corrected chi connectivity index (χ1v) is 8.76. The minimum atomic E-state index is -1.03. The number of nitrogens with zero attached hydrogens (tertiary/aromatic N) is 2. The predicted octanol–water partition coefficient (Wildman–Crippen LogP) is 2.78. The van der Waals surface area contributed by atoms with E-state index < -0.39 is 5.97 Å². The Hall–Kier alpha value is -3.94. The van der Waals surface area contributed by atoms with Gasteiger partial charge >= 0.3 is 5.97 Å². The maximum absolute atomic E-state index is 12.5. The Labute approximate surface area is 164 Å². The number of carboxylic acids is 1. The lowest BCUT2D eigenvalue weighted by molar-refractivity contribution is 0.0699. The van der Waals surface area contributed by atoms with E-state index >= 15 is 0 Å². The van der Waals surface area contributed by atoms with Crippen LogP contribution in [0.25, 0.3) is 21.8 Å². The Bertz CT molecular complexity index is 1310. The van der Waals surface area contributed by atoms with Crippen LogP contribution >= 0.6 is 0 Å². The summed E-state index contributed by atoms with van der Waals surface area (Å²) in [7, 11) is 3.02. The van der Waals surface area contributed by atoms with Crippen LogP contribution in [-0.2, 0) is 6.42 Å². The number of fused-ring (bicyclic) bond motifs is 2. The maximum Gasteiger partial charge on any atom is 0.337 e. The number of methoxy groups -OCH3 is 2. The number of carbonyl (C=O) groups is 1. The zero-order valence-corrected chi connectivity index (χ0v) is 15.7. The summed E-state index contributed by atoms with van der Waals surface area (Å²) < 4.78 is 10.5. The van der Waals surface area contributed by atoms with Crippen LogP contribution in [0.2, 0.25) is 0 Å². The summed E-state index contributed by atoms with van der Waals surface area (Å²) in [6, 6.07) is 10.1. The molecule has 0 unspecified atom stereocenters. The number of ether oxygens (including phenoxy) is 2. The molecule has 2 N–H and O–H groups in total. The average Bonchev–Trinajstić information content (AvgIpc) is 2.72. The number of para-hydroxylation sites is 1. The van der Waals surface area contributed by atoms with Gasteiger partial charge < -0.3 is 19.6 Å². The normalized spacial score (nSPS) is 11.0. The molecule has 2 heterocycles. The van der Waals surface area contributed by atoms with Crippen molar-refractivity contribution < 1.29 is 19.4 Å². The SMILES string of the molecule is COc1cc2nc(Cc3cnc4c(C(=O)O)cccc4c3)[nH]c(=O)c2cc1OC. The molecule has 0 spiro atoms. The third kappa shape index (κ3) is 3.36. The molecule has 0 aliphatic carbocycles. The second kappa shape index (κ2) is 7.23. The van der Waals surface area contributed by atoms with Crippen LogP contribution in [0.3, 0.4) is 0 Å². The number of pyridine rings is 1. The first-order chi connectivity index (χ1) is 14.0. The molecule has 0 bridgehead atoms. The summed E-state index contributed by atoms with van der Waals surface area (Å²) in [6.45, 7) is 0. The molecule has 0 aliphatic heterocycles. The van der Waals surface area contributed by atoms with Crippen molar-refractivity contribution in [3.05, 3.63) is 69.9 Å². The zero-order valence-electron chi connectivity index (χ0n) is 15.7. The number of aromatic nitrogens is 3. The fourth-order valence-corrected chi connectivity index (χ4v) is 3.27. The van der Waals surface area contributed by atoms with Crippen LogP contribution in [-0.4, -0.2) is 40.2 Å². The number of benzene rings is 2. The monoisotopic (exact) mass is 391 g/mol. The molecular formula is C21H17N3O5. The summed E-state index contributed by atoms with van der Waals surface area (Å²) in [6.07, 6.45) is 1.92. The van der Waals surface area contributed by atoms with E-state index in [0.29, 0.717) is 45.6 Å². The molecule has 2 aromatic heterocycles. The van der Waals surface area contributed by atoms with Crippen molar-refractivity contribution in [2.45, 2.75) is 6.42 Å². The van der Waals surface area contributed by atoms with Gasteiger partial charge in [-0.15, -0.1) is 0 Å². The molecule has 4 aromatic rings. The smallest absolute Gasteiger partial charge is 0.337 e. The largest absolute Gasteiger partial charge is 0.493 e. The predicted molar refractivity (Wildman–Crippen MR) is 107 cm³/mol.